The number of carbonyl (C=O) groups is 1. The number of ether oxygens (including phenoxy) is 1. The van der Waals surface area contributed by atoms with Gasteiger partial charge in [0, 0.05) is 5.56 Å². The first-order valence-corrected chi connectivity index (χ1v) is 10.1. The highest BCUT2D eigenvalue weighted by atomic mass is 19.1. The average Bonchev–Trinajstić information content (AvgIpc) is 3.25. The molecule has 6 nitrogen and oxygen atoms in total. The molecule has 0 saturated heterocycles. The maximum absolute atomic E-state index is 14.0. The minimum atomic E-state index is -0.561. The van der Waals surface area contributed by atoms with Gasteiger partial charge in [-0.05, 0) is 35.9 Å². The highest BCUT2D eigenvalue weighted by Gasteiger charge is 2.21. The SMILES string of the molecule is COc1c(C(=O)N[C@H](CO)c2ccccc2)ccc2[nH]nc(/C=C/c3ccccc3F)c12. The van der Waals surface area contributed by atoms with Crippen LogP contribution in [0.25, 0.3) is 23.1 Å². The Morgan fingerprint density at radius 1 is 1.12 bits per heavy atom. The van der Waals surface area contributed by atoms with E-state index in [1.54, 1.807) is 42.5 Å². The van der Waals surface area contributed by atoms with E-state index in [1.807, 2.05) is 30.3 Å². The minimum absolute atomic E-state index is 0.247. The van der Waals surface area contributed by atoms with Gasteiger partial charge in [0.2, 0.25) is 0 Å². The van der Waals surface area contributed by atoms with E-state index in [2.05, 4.69) is 15.5 Å². The van der Waals surface area contributed by atoms with Crippen molar-refractivity contribution in [1.29, 1.82) is 0 Å². The molecule has 0 aliphatic carbocycles. The van der Waals surface area contributed by atoms with Crippen LogP contribution >= 0.6 is 0 Å². The second-order valence-electron chi connectivity index (χ2n) is 7.15. The Morgan fingerprint density at radius 3 is 2.59 bits per heavy atom. The standard InChI is InChI=1S/C25H22FN3O3/c1-32-24-18(25(31)27-22(15-30)17-8-3-2-4-9-17)12-14-21-23(24)20(28-29-21)13-11-16-7-5-6-10-19(16)26/h2-14,22,30H,15H2,1H3,(H,27,31)(H,28,29)/b13-11+/t22-/m1/s1. The van der Waals surface area contributed by atoms with E-state index in [9.17, 15) is 14.3 Å². The number of H-pyrrole nitrogens is 1. The van der Waals surface area contributed by atoms with Gasteiger partial charge in [0.15, 0.2) is 0 Å². The summed E-state index contributed by atoms with van der Waals surface area (Å²) in [5.74, 6) is -0.393. The Bertz CT molecular complexity index is 1270. The number of carbonyl (C=O) groups excluding carboxylic acids is 1. The lowest BCUT2D eigenvalue weighted by atomic mass is 10.0. The topological polar surface area (TPSA) is 87.2 Å². The molecular formula is C25H22FN3O3. The number of nitrogens with one attached hydrogen (secondary N) is 2. The molecule has 3 N–H and O–H groups in total. The Kier molecular flexibility index (Phi) is 6.28. The normalized spacial score (nSPS) is 12.2. The molecule has 3 aromatic carbocycles. The first-order valence-electron chi connectivity index (χ1n) is 10.1. The van der Waals surface area contributed by atoms with Gasteiger partial charge in [-0.25, -0.2) is 4.39 Å². The largest absolute Gasteiger partial charge is 0.495 e. The smallest absolute Gasteiger partial charge is 0.255 e. The number of hydrogen-bond donors (Lipinski definition) is 3. The number of hydrogen-bond acceptors (Lipinski definition) is 4. The van der Waals surface area contributed by atoms with Gasteiger partial charge in [-0.2, -0.15) is 5.10 Å². The van der Waals surface area contributed by atoms with Gasteiger partial charge in [0.05, 0.1) is 41.9 Å². The average molecular weight is 431 g/mol. The molecule has 4 rings (SSSR count). The minimum Gasteiger partial charge on any atom is -0.495 e. The van der Waals surface area contributed by atoms with Gasteiger partial charge in [-0.1, -0.05) is 48.5 Å². The van der Waals surface area contributed by atoms with Crippen molar-refractivity contribution < 1.29 is 19.0 Å². The number of amides is 1. The van der Waals surface area contributed by atoms with Gasteiger partial charge in [0.25, 0.3) is 5.91 Å². The molecule has 0 saturated carbocycles. The highest BCUT2D eigenvalue weighted by molar-refractivity contribution is 6.05. The second-order valence-corrected chi connectivity index (χ2v) is 7.15. The highest BCUT2D eigenvalue weighted by Crippen LogP contribution is 2.32. The lowest BCUT2D eigenvalue weighted by Gasteiger charge is -2.18. The molecule has 32 heavy (non-hydrogen) atoms. The third kappa shape index (κ3) is 4.24. The van der Waals surface area contributed by atoms with E-state index in [1.165, 1.54) is 13.2 Å². The molecule has 0 spiro atoms. The van der Waals surface area contributed by atoms with Crippen molar-refractivity contribution in [2.75, 3.05) is 13.7 Å². The molecule has 0 unspecified atom stereocenters. The van der Waals surface area contributed by atoms with Crippen LogP contribution in [0, 0.1) is 5.82 Å². The summed E-state index contributed by atoms with van der Waals surface area (Å²) in [6.07, 6.45) is 3.29. The Morgan fingerprint density at radius 2 is 1.88 bits per heavy atom. The van der Waals surface area contributed by atoms with Gasteiger partial charge in [0.1, 0.15) is 11.6 Å². The molecule has 162 valence electrons. The van der Waals surface area contributed by atoms with Crippen LogP contribution in [0.3, 0.4) is 0 Å². The summed E-state index contributed by atoms with van der Waals surface area (Å²) < 4.78 is 19.5. The molecule has 1 heterocycles. The van der Waals surface area contributed by atoms with Crippen LogP contribution in [0.5, 0.6) is 5.75 Å². The third-order valence-electron chi connectivity index (χ3n) is 5.18. The van der Waals surface area contributed by atoms with Crippen LogP contribution in [-0.2, 0) is 0 Å². The molecule has 7 heteroatoms. The summed E-state index contributed by atoms with van der Waals surface area (Å²) in [7, 11) is 1.48. The number of methoxy groups -OCH3 is 1. The Labute approximate surface area is 184 Å². The van der Waals surface area contributed by atoms with Crippen molar-refractivity contribution in [2.24, 2.45) is 0 Å². The van der Waals surface area contributed by atoms with E-state index < -0.39 is 11.9 Å². The maximum atomic E-state index is 14.0. The lowest BCUT2D eigenvalue weighted by molar-refractivity contribution is 0.0913. The monoisotopic (exact) mass is 431 g/mol. The molecule has 1 aromatic heterocycles. The third-order valence-corrected chi connectivity index (χ3v) is 5.18. The molecule has 0 bridgehead atoms. The summed E-state index contributed by atoms with van der Waals surface area (Å²) in [5.41, 5.74) is 2.70. The molecular weight excluding hydrogens is 409 g/mol. The van der Waals surface area contributed by atoms with Gasteiger partial charge in [-0.3, -0.25) is 9.89 Å². The fourth-order valence-corrected chi connectivity index (χ4v) is 3.55. The van der Waals surface area contributed by atoms with Crippen molar-refractivity contribution >= 4 is 29.0 Å². The zero-order valence-corrected chi connectivity index (χ0v) is 17.4. The molecule has 0 fully saturated rings. The van der Waals surface area contributed by atoms with E-state index in [0.717, 1.165) is 5.56 Å². The first kappa shape index (κ1) is 21.3. The van der Waals surface area contributed by atoms with Gasteiger partial charge < -0.3 is 15.2 Å². The maximum Gasteiger partial charge on any atom is 0.255 e. The number of aliphatic hydroxyl groups excluding tert-OH is 1. The van der Waals surface area contributed by atoms with Crippen molar-refractivity contribution in [2.45, 2.75) is 6.04 Å². The summed E-state index contributed by atoms with van der Waals surface area (Å²) >= 11 is 0. The number of halogens is 1. The predicted molar refractivity (Wildman–Crippen MR) is 122 cm³/mol. The van der Waals surface area contributed by atoms with E-state index >= 15 is 0 Å². The van der Waals surface area contributed by atoms with E-state index in [0.29, 0.717) is 33.5 Å². The first-order chi connectivity index (χ1) is 15.6. The number of aromatic nitrogens is 2. The number of rotatable bonds is 7. The van der Waals surface area contributed by atoms with Gasteiger partial charge in [-0.15, -0.1) is 0 Å². The zero-order valence-electron chi connectivity index (χ0n) is 17.4. The summed E-state index contributed by atoms with van der Waals surface area (Å²) in [4.78, 5) is 13.1. The quantitative estimate of drug-likeness (QED) is 0.406. The van der Waals surface area contributed by atoms with Crippen LogP contribution in [0.1, 0.15) is 33.2 Å². The molecule has 1 atom stereocenters. The molecule has 4 aromatic rings. The zero-order chi connectivity index (χ0) is 22.5. The van der Waals surface area contributed by atoms with E-state index in [-0.39, 0.29) is 12.4 Å². The van der Waals surface area contributed by atoms with Crippen molar-refractivity contribution in [3.8, 4) is 5.75 Å². The van der Waals surface area contributed by atoms with Crippen LogP contribution < -0.4 is 10.1 Å². The molecule has 0 radical (unpaired) electrons. The van der Waals surface area contributed by atoms with E-state index in [4.69, 9.17) is 4.74 Å². The van der Waals surface area contributed by atoms with Crippen LogP contribution in [0.4, 0.5) is 4.39 Å². The Balaban J connectivity index is 1.69. The van der Waals surface area contributed by atoms with Crippen molar-refractivity contribution in [1.82, 2.24) is 15.5 Å². The molecule has 1 amide bonds. The number of benzene rings is 3. The van der Waals surface area contributed by atoms with Crippen molar-refractivity contribution in [3.05, 3.63) is 94.9 Å². The predicted octanol–water partition coefficient (Wildman–Crippen LogP) is 4.34. The number of fused-ring (bicyclic) bond motifs is 1. The summed E-state index contributed by atoms with van der Waals surface area (Å²) in [5, 5.41) is 20.4. The van der Waals surface area contributed by atoms with Crippen LogP contribution in [0.2, 0.25) is 0 Å². The fourth-order valence-electron chi connectivity index (χ4n) is 3.55. The van der Waals surface area contributed by atoms with Gasteiger partial charge >= 0.3 is 0 Å². The van der Waals surface area contributed by atoms with Crippen LogP contribution in [-0.4, -0.2) is 34.9 Å². The Hall–Kier alpha value is -3.97. The summed E-state index contributed by atoms with van der Waals surface area (Å²) in [6, 6.07) is 18.5. The summed E-state index contributed by atoms with van der Waals surface area (Å²) in [6.45, 7) is -0.247. The molecule has 0 aliphatic rings. The fraction of sp³-hybridized carbons (Fsp3) is 0.120. The molecule has 0 aliphatic heterocycles. The number of aliphatic hydroxyl groups is 1. The van der Waals surface area contributed by atoms with Crippen molar-refractivity contribution in [3.63, 3.8) is 0 Å². The number of nitrogens with zero attached hydrogens (tertiary/aromatic N) is 1. The lowest BCUT2D eigenvalue weighted by Crippen LogP contribution is -2.31. The van der Waals surface area contributed by atoms with Crippen LogP contribution in [0.15, 0.2) is 66.7 Å². The number of aromatic amines is 1. The second kappa shape index (κ2) is 9.45.